The molecule has 4 nitrogen and oxygen atoms in total. The molecule has 1 aliphatic carbocycles. The van der Waals surface area contributed by atoms with Gasteiger partial charge in [-0.15, -0.1) is 10.2 Å². The second kappa shape index (κ2) is 7.43. The van der Waals surface area contributed by atoms with Crippen molar-refractivity contribution in [2.45, 2.75) is 51.0 Å². The Morgan fingerprint density at radius 2 is 1.57 bits per heavy atom. The lowest BCUT2D eigenvalue weighted by molar-refractivity contribution is 0.0305. The van der Waals surface area contributed by atoms with Gasteiger partial charge in [0, 0.05) is 24.7 Å². The largest absolute Gasteiger partial charge is 0.355 e. The maximum Gasteiger partial charge on any atom is 0.151 e. The number of benzene rings is 1. The molecule has 0 bridgehead atoms. The lowest BCUT2D eigenvalue weighted by Gasteiger charge is -2.50. The number of aromatic nitrogens is 2. The first-order chi connectivity index (χ1) is 13.7. The first kappa shape index (κ1) is 18.0. The summed E-state index contributed by atoms with van der Waals surface area (Å²) in [5.74, 6) is 0.666. The number of rotatable bonds is 3. The minimum Gasteiger partial charge on any atom is -0.355 e. The first-order valence-electron chi connectivity index (χ1n) is 10.8. The summed E-state index contributed by atoms with van der Waals surface area (Å²) in [7, 11) is 0. The highest BCUT2D eigenvalue weighted by Crippen LogP contribution is 2.43. The molecule has 1 saturated carbocycles. The molecule has 2 aliphatic heterocycles. The molecule has 148 valence electrons. The van der Waals surface area contributed by atoms with E-state index in [0.717, 1.165) is 24.9 Å². The molecule has 1 aromatic heterocycles. The fourth-order valence-corrected chi connectivity index (χ4v) is 5.13. The molecule has 3 aliphatic rings. The number of hydrogen-bond donors (Lipinski definition) is 0. The number of nitrogens with zero attached hydrogens (tertiary/aromatic N) is 4. The lowest BCUT2D eigenvalue weighted by Crippen LogP contribution is -2.51. The van der Waals surface area contributed by atoms with Crippen LogP contribution in [0.15, 0.2) is 36.4 Å². The SMILES string of the molecule is Fc1ccccc1-c1ccc(N2CCC3(CC2)CCN(C2CCC2)CC3)nn1. The summed E-state index contributed by atoms with van der Waals surface area (Å²) in [6.07, 6.45) is 9.48. The molecule has 5 rings (SSSR count). The molecule has 0 radical (unpaired) electrons. The zero-order chi connectivity index (χ0) is 19.0. The van der Waals surface area contributed by atoms with E-state index in [0.29, 0.717) is 16.7 Å². The van der Waals surface area contributed by atoms with Gasteiger partial charge in [0.15, 0.2) is 5.82 Å². The van der Waals surface area contributed by atoms with Crippen molar-refractivity contribution < 1.29 is 4.39 Å². The Bertz CT molecular complexity index is 800. The van der Waals surface area contributed by atoms with Crippen LogP contribution in [-0.4, -0.2) is 47.3 Å². The van der Waals surface area contributed by atoms with Gasteiger partial charge in [0.1, 0.15) is 5.82 Å². The van der Waals surface area contributed by atoms with E-state index in [1.165, 1.54) is 64.1 Å². The molecule has 0 N–H and O–H groups in total. The van der Waals surface area contributed by atoms with Crippen molar-refractivity contribution in [1.29, 1.82) is 0 Å². The quantitative estimate of drug-likeness (QED) is 0.784. The summed E-state index contributed by atoms with van der Waals surface area (Å²) in [6, 6.07) is 11.5. The molecule has 5 heteroatoms. The van der Waals surface area contributed by atoms with E-state index in [-0.39, 0.29) is 5.82 Å². The van der Waals surface area contributed by atoms with Gasteiger partial charge in [-0.25, -0.2) is 4.39 Å². The Kier molecular flexibility index (Phi) is 4.79. The van der Waals surface area contributed by atoms with Crippen molar-refractivity contribution in [3.05, 3.63) is 42.2 Å². The second-order valence-electron chi connectivity index (χ2n) is 8.86. The smallest absolute Gasteiger partial charge is 0.151 e. The number of halogens is 1. The standard InChI is InChI=1S/C23H29FN4/c24-20-7-2-1-6-19(20)21-8-9-22(26-25-21)28-16-12-23(13-17-28)10-14-27(15-11-23)18-4-3-5-18/h1-2,6-9,18H,3-5,10-17H2. The fourth-order valence-electron chi connectivity index (χ4n) is 5.13. The Morgan fingerprint density at radius 3 is 2.18 bits per heavy atom. The summed E-state index contributed by atoms with van der Waals surface area (Å²) < 4.78 is 14.0. The first-order valence-corrected chi connectivity index (χ1v) is 10.8. The van der Waals surface area contributed by atoms with Crippen LogP contribution in [0, 0.1) is 11.2 Å². The number of piperidine rings is 2. The van der Waals surface area contributed by atoms with E-state index in [1.807, 2.05) is 18.2 Å². The molecule has 0 unspecified atom stereocenters. The van der Waals surface area contributed by atoms with Crippen LogP contribution >= 0.6 is 0 Å². The predicted molar refractivity (Wildman–Crippen MR) is 110 cm³/mol. The molecule has 28 heavy (non-hydrogen) atoms. The van der Waals surface area contributed by atoms with E-state index in [4.69, 9.17) is 0 Å². The minimum atomic E-state index is -0.252. The van der Waals surface area contributed by atoms with Crippen LogP contribution in [0.3, 0.4) is 0 Å². The van der Waals surface area contributed by atoms with Crippen molar-refractivity contribution in [3.8, 4) is 11.3 Å². The zero-order valence-electron chi connectivity index (χ0n) is 16.5. The van der Waals surface area contributed by atoms with Crippen LogP contribution in [0.1, 0.15) is 44.9 Å². The van der Waals surface area contributed by atoms with Gasteiger partial charge in [0.05, 0.1) is 5.69 Å². The van der Waals surface area contributed by atoms with Crippen LogP contribution in [-0.2, 0) is 0 Å². The van der Waals surface area contributed by atoms with E-state index in [9.17, 15) is 4.39 Å². The third-order valence-electron chi connectivity index (χ3n) is 7.40. The molecular weight excluding hydrogens is 351 g/mol. The molecule has 3 fully saturated rings. The highest BCUT2D eigenvalue weighted by molar-refractivity contribution is 5.60. The number of hydrogen-bond acceptors (Lipinski definition) is 4. The Morgan fingerprint density at radius 1 is 0.857 bits per heavy atom. The molecule has 0 atom stereocenters. The summed E-state index contributed by atoms with van der Waals surface area (Å²) in [5, 5.41) is 8.70. The van der Waals surface area contributed by atoms with Crippen molar-refractivity contribution >= 4 is 5.82 Å². The third kappa shape index (κ3) is 3.41. The summed E-state index contributed by atoms with van der Waals surface area (Å²) in [6.45, 7) is 4.69. The van der Waals surface area contributed by atoms with Gasteiger partial charge in [-0.3, -0.25) is 0 Å². The molecule has 2 aromatic rings. The maximum atomic E-state index is 14.0. The van der Waals surface area contributed by atoms with Crippen LogP contribution in [0.2, 0.25) is 0 Å². The highest BCUT2D eigenvalue weighted by Gasteiger charge is 2.39. The monoisotopic (exact) mass is 380 g/mol. The average molecular weight is 381 g/mol. The van der Waals surface area contributed by atoms with Crippen LogP contribution in [0.25, 0.3) is 11.3 Å². The van der Waals surface area contributed by atoms with Crippen molar-refractivity contribution in [2.24, 2.45) is 5.41 Å². The van der Waals surface area contributed by atoms with Gasteiger partial charge < -0.3 is 9.80 Å². The van der Waals surface area contributed by atoms with Gasteiger partial charge in [-0.1, -0.05) is 18.6 Å². The Labute approximate surface area is 166 Å². The Balaban J connectivity index is 1.20. The molecule has 0 amide bonds. The third-order valence-corrected chi connectivity index (χ3v) is 7.40. The molecule has 2 saturated heterocycles. The Hall–Kier alpha value is -2.01. The van der Waals surface area contributed by atoms with Gasteiger partial charge in [-0.2, -0.15) is 0 Å². The van der Waals surface area contributed by atoms with Gasteiger partial charge in [0.2, 0.25) is 0 Å². The zero-order valence-corrected chi connectivity index (χ0v) is 16.5. The second-order valence-corrected chi connectivity index (χ2v) is 8.86. The topological polar surface area (TPSA) is 32.3 Å². The normalized spacial score (nSPS) is 23.0. The summed E-state index contributed by atoms with van der Waals surface area (Å²) in [4.78, 5) is 5.09. The minimum absolute atomic E-state index is 0.252. The van der Waals surface area contributed by atoms with E-state index in [1.54, 1.807) is 12.1 Å². The number of likely N-dealkylation sites (tertiary alicyclic amines) is 1. The van der Waals surface area contributed by atoms with Crippen LogP contribution in [0.5, 0.6) is 0 Å². The van der Waals surface area contributed by atoms with Gasteiger partial charge in [-0.05, 0) is 81.3 Å². The summed E-state index contributed by atoms with van der Waals surface area (Å²) >= 11 is 0. The molecular formula is C23H29FN4. The van der Waals surface area contributed by atoms with Gasteiger partial charge in [0.25, 0.3) is 0 Å². The average Bonchev–Trinajstić information content (AvgIpc) is 2.70. The lowest BCUT2D eigenvalue weighted by atomic mass is 9.70. The molecule has 1 spiro atoms. The van der Waals surface area contributed by atoms with Gasteiger partial charge >= 0.3 is 0 Å². The fraction of sp³-hybridized carbons (Fsp3) is 0.565. The van der Waals surface area contributed by atoms with Crippen molar-refractivity contribution in [2.75, 3.05) is 31.1 Å². The van der Waals surface area contributed by atoms with Crippen molar-refractivity contribution in [3.63, 3.8) is 0 Å². The van der Waals surface area contributed by atoms with Crippen LogP contribution in [0.4, 0.5) is 10.2 Å². The molecule has 3 heterocycles. The van der Waals surface area contributed by atoms with E-state index >= 15 is 0 Å². The predicted octanol–water partition coefficient (Wildman–Crippen LogP) is 4.52. The van der Waals surface area contributed by atoms with E-state index in [2.05, 4.69) is 20.0 Å². The maximum absolute atomic E-state index is 14.0. The van der Waals surface area contributed by atoms with E-state index < -0.39 is 0 Å². The summed E-state index contributed by atoms with van der Waals surface area (Å²) in [5.41, 5.74) is 1.65. The highest BCUT2D eigenvalue weighted by atomic mass is 19.1. The number of anilines is 1. The van der Waals surface area contributed by atoms with Crippen LogP contribution < -0.4 is 4.90 Å². The molecule has 1 aromatic carbocycles. The van der Waals surface area contributed by atoms with Crippen molar-refractivity contribution in [1.82, 2.24) is 15.1 Å².